The number of hydrogen-bond acceptors (Lipinski definition) is 3. The van der Waals surface area contributed by atoms with Gasteiger partial charge in [-0.2, -0.15) is 0 Å². The predicted molar refractivity (Wildman–Crippen MR) is 90.7 cm³/mol. The van der Waals surface area contributed by atoms with Crippen molar-refractivity contribution >= 4 is 12.1 Å². The number of carboxylic acid groups (broad SMARTS) is 1. The average Bonchev–Trinajstić information content (AvgIpc) is 3.27. The standard InChI is InChI=1S/C19H23NO4/c1-18(2,3)24-17(23)20-13-5-4-6-14-7-9-15(10-8-14)19(11-12-19)16(21)22/h7-10H,5,11-13H2,1-3H3,(H,20,23)(H,21,22). The van der Waals surface area contributed by atoms with E-state index in [1.54, 1.807) is 0 Å². The van der Waals surface area contributed by atoms with Gasteiger partial charge in [-0.05, 0) is 51.3 Å². The normalized spacial score (nSPS) is 15.0. The van der Waals surface area contributed by atoms with Gasteiger partial charge in [0.05, 0.1) is 5.41 Å². The zero-order valence-corrected chi connectivity index (χ0v) is 14.3. The van der Waals surface area contributed by atoms with Crippen molar-refractivity contribution in [1.82, 2.24) is 5.32 Å². The number of amides is 1. The summed E-state index contributed by atoms with van der Waals surface area (Å²) in [7, 11) is 0. The van der Waals surface area contributed by atoms with Crippen LogP contribution in [0.3, 0.4) is 0 Å². The van der Waals surface area contributed by atoms with E-state index in [-0.39, 0.29) is 0 Å². The number of nitrogens with one attached hydrogen (secondary N) is 1. The molecule has 128 valence electrons. The minimum absolute atomic E-state index is 0.419. The van der Waals surface area contributed by atoms with E-state index in [1.807, 2.05) is 45.0 Å². The van der Waals surface area contributed by atoms with Crippen LogP contribution in [0.4, 0.5) is 4.79 Å². The van der Waals surface area contributed by atoms with Crippen LogP contribution < -0.4 is 5.32 Å². The molecule has 0 spiro atoms. The van der Waals surface area contributed by atoms with Crippen LogP contribution in [-0.4, -0.2) is 29.3 Å². The van der Waals surface area contributed by atoms with E-state index >= 15 is 0 Å². The number of hydrogen-bond donors (Lipinski definition) is 2. The highest BCUT2D eigenvalue weighted by Gasteiger charge is 2.51. The average molecular weight is 329 g/mol. The molecule has 5 heteroatoms. The fourth-order valence-corrected chi connectivity index (χ4v) is 2.33. The first kappa shape index (κ1) is 17.9. The lowest BCUT2D eigenvalue weighted by molar-refractivity contribution is -0.140. The fraction of sp³-hybridized carbons (Fsp3) is 0.474. The van der Waals surface area contributed by atoms with Crippen molar-refractivity contribution in [3.8, 4) is 11.8 Å². The zero-order chi connectivity index (χ0) is 17.8. The van der Waals surface area contributed by atoms with Crippen LogP contribution in [-0.2, 0) is 14.9 Å². The molecule has 0 bridgehead atoms. The molecule has 1 aliphatic rings. The number of aliphatic carboxylic acids is 1. The van der Waals surface area contributed by atoms with Gasteiger partial charge in [-0.3, -0.25) is 4.79 Å². The van der Waals surface area contributed by atoms with Gasteiger partial charge in [0, 0.05) is 18.5 Å². The van der Waals surface area contributed by atoms with E-state index in [4.69, 9.17) is 4.74 Å². The van der Waals surface area contributed by atoms with Crippen LogP contribution in [0, 0.1) is 11.8 Å². The van der Waals surface area contributed by atoms with Crippen molar-refractivity contribution in [3.05, 3.63) is 35.4 Å². The van der Waals surface area contributed by atoms with Crippen LogP contribution in [0.1, 0.15) is 51.2 Å². The summed E-state index contributed by atoms with van der Waals surface area (Å²) in [6.07, 6.45) is 1.46. The second-order valence-corrected chi connectivity index (χ2v) is 6.95. The number of alkyl carbamates (subject to hydrolysis) is 1. The molecule has 0 saturated heterocycles. The molecule has 2 N–H and O–H groups in total. The van der Waals surface area contributed by atoms with Crippen molar-refractivity contribution in [3.63, 3.8) is 0 Å². The molecule has 0 unspecified atom stereocenters. The van der Waals surface area contributed by atoms with E-state index in [2.05, 4.69) is 17.2 Å². The maximum absolute atomic E-state index is 11.5. The molecule has 0 aliphatic heterocycles. The van der Waals surface area contributed by atoms with Crippen LogP contribution in [0.25, 0.3) is 0 Å². The number of carboxylic acids is 1. The molecular formula is C19H23NO4. The highest BCUT2D eigenvalue weighted by Crippen LogP contribution is 2.48. The van der Waals surface area contributed by atoms with E-state index in [9.17, 15) is 14.7 Å². The molecule has 1 fully saturated rings. The zero-order valence-electron chi connectivity index (χ0n) is 14.3. The molecule has 0 atom stereocenters. The summed E-state index contributed by atoms with van der Waals surface area (Å²) < 4.78 is 5.13. The smallest absolute Gasteiger partial charge is 0.407 e. The van der Waals surface area contributed by atoms with E-state index in [1.165, 1.54) is 0 Å². The molecule has 2 rings (SSSR count). The SMILES string of the molecule is CC(C)(C)OC(=O)NCCC#Cc1ccc(C2(C(=O)O)CC2)cc1. The Bertz CT molecular complexity index is 670. The largest absolute Gasteiger partial charge is 0.481 e. The number of carbonyl (C=O) groups is 2. The Labute approximate surface area is 142 Å². The quantitative estimate of drug-likeness (QED) is 0.657. The summed E-state index contributed by atoms with van der Waals surface area (Å²) in [5.41, 5.74) is 0.486. The summed E-state index contributed by atoms with van der Waals surface area (Å²) >= 11 is 0. The third-order valence-electron chi connectivity index (χ3n) is 3.75. The summed E-state index contributed by atoms with van der Waals surface area (Å²) in [5, 5.41) is 11.9. The molecule has 1 aromatic carbocycles. The predicted octanol–water partition coefficient (Wildman–Crippen LogP) is 3.07. The lowest BCUT2D eigenvalue weighted by atomic mass is 9.95. The number of benzene rings is 1. The van der Waals surface area contributed by atoms with Crippen LogP contribution in [0.15, 0.2) is 24.3 Å². The molecule has 0 aromatic heterocycles. The number of ether oxygens (including phenoxy) is 1. The van der Waals surface area contributed by atoms with Gasteiger partial charge in [0.25, 0.3) is 0 Å². The third-order valence-corrected chi connectivity index (χ3v) is 3.75. The van der Waals surface area contributed by atoms with Crippen molar-refractivity contribution < 1.29 is 19.4 Å². The molecule has 5 nitrogen and oxygen atoms in total. The lowest BCUT2D eigenvalue weighted by Crippen LogP contribution is -2.32. The van der Waals surface area contributed by atoms with Crippen molar-refractivity contribution in [2.24, 2.45) is 0 Å². The Balaban J connectivity index is 1.80. The first-order valence-corrected chi connectivity index (χ1v) is 8.03. The molecule has 0 radical (unpaired) electrons. The second kappa shape index (κ2) is 6.96. The molecule has 1 amide bonds. The van der Waals surface area contributed by atoms with Crippen LogP contribution in [0.5, 0.6) is 0 Å². The maximum atomic E-state index is 11.5. The van der Waals surface area contributed by atoms with Crippen LogP contribution in [0.2, 0.25) is 0 Å². The molecule has 1 aliphatic carbocycles. The number of carbonyl (C=O) groups excluding carboxylic acids is 1. The highest BCUT2D eigenvalue weighted by atomic mass is 16.6. The fourth-order valence-electron chi connectivity index (χ4n) is 2.33. The minimum atomic E-state index is -0.755. The van der Waals surface area contributed by atoms with Crippen molar-refractivity contribution in [2.75, 3.05) is 6.54 Å². The Kier molecular flexibility index (Phi) is 5.18. The van der Waals surface area contributed by atoms with E-state index < -0.39 is 23.1 Å². The maximum Gasteiger partial charge on any atom is 0.407 e. The summed E-state index contributed by atoms with van der Waals surface area (Å²) in [6.45, 7) is 5.85. The van der Waals surface area contributed by atoms with Gasteiger partial charge in [-0.15, -0.1) is 0 Å². The molecule has 1 aromatic rings. The highest BCUT2D eigenvalue weighted by molar-refractivity contribution is 5.84. The van der Waals surface area contributed by atoms with Gasteiger partial charge in [0.1, 0.15) is 5.60 Å². The first-order valence-electron chi connectivity index (χ1n) is 8.03. The van der Waals surface area contributed by atoms with Crippen molar-refractivity contribution in [2.45, 2.75) is 51.0 Å². The van der Waals surface area contributed by atoms with Gasteiger partial charge >= 0.3 is 12.1 Å². The Hall–Kier alpha value is -2.48. The third kappa shape index (κ3) is 4.76. The van der Waals surface area contributed by atoms with Crippen molar-refractivity contribution in [1.29, 1.82) is 0 Å². The second-order valence-electron chi connectivity index (χ2n) is 6.95. The van der Waals surface area contributed by atoms with Crippen LogP contribution >= 0.6 is 0 Å². The van der Waals surface area contributed by atoms with Gasteiger partial charge in [0.2, 0.25) is 0 Å². The molecule has 24 heavy (non-hydrogen) atoms. The summed E-state index contributed by atoms with van der Waals surface area (Å²) in [6, 6.07) is 7.35. The van der Waals surface area contributed by atoms with E-state index in [0.29, 0.717) is 25.8 Å². The minimum Gasteiger partial charge on any atom is -0.481 e. The summed E-state index contributed by atoms with van der Waals surface area (Å²) in [4.78, 5) is 22.7. The first-order chi connectivity index (χ1) is 11.2. The topological polar surface area (TPSA) is 75.6 Å². The Morgan fingerprint density at radius 2 is 1.88 bits per heavy atom. The Morgan fingerprint density at radius 3 is 2.38 bits per heavy atom. The molecular weight excluding hydrogens is 306 g/mol. The van der Waals surface area contributed by atoms with Gasteiger partial charge in [-0.1, -0.05) is 24.0 Å². The molecule has 1 saturated carbocycles. The van der Waals surface area contributed by atoms with Gasteiger partial charge in [0.15, 0.2) is 0 Å². The van der Waals surface area contributed by atoms with Gasteiger partial charge < -0.3 is 15.2 Å². The molecule has 0 heterocycles. The van der Waals surface area contributed by atoms with E-state index in [0.717, 1.165) is 11.1 Å². The number of rotatable bonds is 4. The summed E-state index contributed by atoms with van der Waals surface area (Å²) in [5.74, 6) is 5.23. The monoisotopic (exact) mass is 329 g/mol. The Morgan fingerprint density at radius 1 is 1.25 bits per heavy atom. The lowest BCUT2D eigenvalue weighted by Gasteiger charge is -2.19. The van der Waals surface area contributed by atoms with Gasteiger partial charge in [-0.25, -0.2) is 4.79 Å².